The SMILES string of the molecule is C#CCOCCOCCNC(=O)OC(C)(C)C.CC(C)(C)OC(=O)NCCOCCOCC#Cc1cccc2c1C(=O)N(C1CCC(=O)NC1=O)C2=O.CC(C)(C)OC(=O)NCCOCCOCCCc1cccc2c1C(=O)N(C1CCC(=O)NC1=O)C2=O.NCCOCCOCCCc1cccc2c1C(=O)N(C1CCC(=O)NC1=O)C2=O.O=C1CCC(N2C(=O)c3cccc(Br)c3C2=O)C(=O)N1.[3H]F. The lowest BCUT2D eigenvalue weighted by molar-refractivity contribution is -0.137. The molecule has 12 rings (SSSR count). The van der Waals surface area contributed by atoms with Gasteiger partial charge in [-0.3, -0.25) is 122 Å². The summed E-state index contributed by atoms with van der Waals surface area (Å²) in [4.78, 5) is 234. The van der Waals surface area contributed by atoms with Gasteiger partial charge in [0.05, 0.1) is 124 Å². The van der Waals surface area contributed by atoms with E-state index in [9.17, 15) is 91.1 Å². The molecule has 8 aliphatic rings. The van der Waals surface area contributed by atoms with Crippen LogP contribution in [0.1, 0.15) is 226 Å². The second-order valence-corrected chi connectivity index (χ2v) is 35.3. The average Bonchev–Trinajstić information content (AvgIpc) is 1.64. The van der Waals surface area contributed by atoms with Crippen LogP contribution in [0.15, 0.2) is 77.3 Å². The van der Waals surface area contributed by atoms with Crippen molar-refractivity contribution >= 4 is 129 Å². The summed E-state index contributed by atoms with van der Waals surface area (Å²) in [5, 5.41) is 16.5. The van der Waals surface area contributed by atoms with E-state index < -0.39 is 148 Å². The minimum absolute atomic E-state index is 0.0534. The van der Waals surface area contributed by atoms with E-state index in [1.165, 1.54) is 6.07 Å². The van der Waals surface area contributed by atoms with Crippen LogP contribution in [0.2, 0.25) is 0 Å². The molecule has 4 fully saturated rings. The highest BCUT2D eigenvalue weighted by molar-refractivity contribution is 9.10. The number of ether oxygens (including phenoxy) is 11. The molecular formula is C95H118BrFN12O30. The van der Waals surface area contributed by atoms with Gasteiger partial charge in [0.15, 0.2) is 0 Å². The number of rotatable bonds is 37. The summed E-state index contributed by atoms with van der Waals surface area (Å²) >= 11 is 3.24. The first-order chi connectivity index (χ1) is 66.7. The minimum Gasteiger partial charge on any atom is -0.444 e. The van der Waals surface area contributed by atoms with Crippen LogP contribution in [0.3, 0.4) is 0 Å². The summed E-state index contributed by atoms with van der Waals surface area (Å²) < 4.78 is 71.5. The van der Waals surface area contributed by atoms with Gasteiger partial charge in [0.1, 0.15) is 54.2 Å². The number of nitrogens with one attached hydrogen (secondary N) is 7. The van der Waals surface area contributed by atoms with Crippen molar-refractivity contribution in [3.63, 3.8) is 0 Å². The van der Waals surface area contributed by atoms with E-state index in [1.807, 2.05) is 26.8 Å². The summed E-state index contributed by atoms with van der Waals surface area (Å²) in [7, 11) is 0. The Kier molecular flexibility index (Phi) is 44.0. The number of hydrogen-bond donors (Lipinski definition) is 8. The molecule has 4 saturated heterocycles. The highest BCUT2D eigenvalue weighted by atomic mass is 79.9. The zero-order valence-electron chi connectivity index (χ0n) is 79.8. The summed E-state index contributed by atoms with van der Waals surface area (Å²) in [6.45, 7) is 23.7. The van der Waals surface area contributed by atoms with E-state index in [0.717, 1.165) is 25.2 Å². The molecule has 8 aliphatic heterocycles. The standard InChI is InChI=1S/C25H33N3O8.C25H29N3O8.C20H25N3O6.C13H9BrN2O4.C12H21NO4.FH/c2*1-25(2,3)36-24(33)26-11-13-35-15-14-34-12-5-7-16-6-4-8-17-20(16)23(32)28(22(17)31)18-9-10-19(29)27-21(18)30;21-8-10-29-12-11-28-9-2-4-13-3-1-5-14-17(13)20(27)23(19(14)26)15-6-7-16(24)22-18(15)25;14-7-3-1-2-6-10(7)13(20)16(12(6)19)8-4-5-9(17)15-11(8)18;1-5-7-15-9-10-16-8-6-13-11(14)17-12(2,3)4;/h4,6,8,18H,5,7,9-15H2,1-3H3,(H,26,33)(H,27,29,30);4,6,8,18H,9-15H2,1-3H3,(H,26,33)(H,27,29,30);1,3,5,15H,2,4,6-12,21H2,(H,22,24,25);1-3,8H,4-5H2,(H,15,17,18);1H,6-10H2,2-4H3,(H,13,14);1H/i/hT. The topological polar surface area (TPSA) is 549 Å². The maximum absolute atomic E-state index is 13.1. The third-order valence-electron chi connectivity index (χ3n) is 20.5. The Morgan fingerprint density at radius 1 is 0.396 bits per heavy atom. The molecule has 4 aromatic rings. The van der Waals surface area contributed by atoms with Crippen molar-refractivity contribution in [2.75, 3.05) is 132 Å². The van der Waals surface area contributed by atoms with Crippen molar-refractivity contribution < 1.29 is 148 Å². The third kappa shape index (κ3) is 33.9. The van der Waals surface area contributed by atoms with Crippen LogP contribution in [0, 0.1) is 24.2 Å². The molecule has 0 spiro atoms. The Morgan fingerprint density at radius 3 is 1.01 bits per heavy atom. The fourth-order valence-corrected chi connectivity index (χ4v) is 15.1. The van der Waals surface area contributed by atoms with Gasteiger partial charge in [-0.05, 0) is 177 Å². The van der Waals surface area contributed by atoms with E-state index in [2.05, 4.69) is 72.4 Å². The van der Waals surface area contributed by atoms with Gasteiger partial charge in [-0.15, -0.1) is 6.42 Å². The number of carbonyl (C=O) groups is 19. The number of nitrogens with two attached hydrogens (primary N) is 1. The molecule has 44 heteroatoms. The fourth-order valence-electron chi connectivity index (χ4n) is 14.6. The van der Waals surface area contributed by atoms with Crippen LogP contribution in [-0.4, -0.2) is 307 Å². The Hall–Kier alpha value is -13.0. The maximum Gasteiger partial charge on any atom is 0.407 e. The number of aryl methyl sites for hydroxylation is 2. The summed E-state index contributed by atoms with van der Waals surface area (Å²) in [5.41, 5.74) is 7.65. The molecule has 4 aromatic carbocycles. The molecular weight excluding hydrogens is 1890 g/mol. The van der Waals surface area contributed by atoms with Gasteiger partial charge in [0.2, 0.25) is 47.3 Å². The van der Waals surface area contributed by atoms with E-state index in [0.29, 0.717) is 177 Å². The number of halogens is 2. The Bertz CT molecular complexity index is 5310. The monoisotopic (exact) mass is 2010 g/mol. The van der Waals surface area contributed by atoms with Gasteiger partial charge >= 0.3 is 18.3 Å². The van der Waals surface area contributed by atoms with Crippen LogP contribution < -0.4 is 43.0 Å². The van der Waals surface area contributed by atoms with Crippen LogP contribution in [0.5, 0.6) is 0 Å². The van der Waals surface area contributed by atoms with Gasteiger partial charge in [0.25, 0.3) is 48.7 Å². The predicted octanol–water partition coefficient (Wildman–Crippen LogP) is 4.77. The van der Waals surface area contributed by atoms with Crippen molar-refractivity contribution in [2.45, 2.75) is 180 Å². The van der Waals surface area contributed by atoms with Gasteiger partial charge in [0, 0.05) is 75.1 Å². The van der Waals surface area contributed by atoms with Crippen molar-refractivity contribution in [1.29, 1.82) is 1.45 Å². The van der Waals surface area contributed by atoms with Crippen LogP contribution in [0.25, 0.3) is 0 Å². The first-order valence-corrected chi connectivity index (χ1v) is 45.6. The lowest BCUT2D eigenvalue weighted by Crippen LogP contribution is -2.54. The van der Waals surface area contributed by atoms with Crippen LogP contribution in [-0.2, 0) is 103 Å². The molecule has 0 radical (unpaired) electrons. The first kappa shape index (κ1) is 111. The lowest BCUT2D eigenvalue weighted by Gasteiger charge is -2.27. The highest BCUT2D eigenvalue weighted by Crippen LogP contribution is 2.36. The molecule has 42 nitrogen and oxygen atoms in total. The van der Waals surface area contributed by atoms with Crippen molar-refractivity contribution in [1.82, 2.24) is 56.8 Å². The average molecular weight is 2010 g/mol. The van der Waals surface area contributed by atoms with E-state index >= 15 is 0 Å². The molecule has 0 aliphatic carbocycles. The number of imide groups is 8. The molecule has 139 heavy (non-hydrogen) atoms. The number of benzene rings is 4. The molecule has 0 saturated carbocycles. The minimum atomic E-state index is -1.03. The normalized spacial score (nSPS) is 17.6. The molecule has 752 valence electrons. The van der Waals surface area contributed by atoms with E-state index in [4.69, 9.17) is 69.0 Å². The molecule has 0 bridgehead atoms. The molecule has 4 atom stereocenters. The van der Waals surface area contributed by atoms with Gasteiger partial charge in [-0.2, -0.15) is 0 Å². The first-order valence-electron chi connectivity index (χ1n) is 45.2. The number of fused-ring (bicyclic) bond motifs is 4. The Labute approximate surface area is 811 Å². The quantitative estimate of drug-likeness (QED) is 0.0130. The van der Waals surface area contributed by atoms with Gasteiger partial charge in [-0.25, -0.2) is 14.4 Å². The summed E-state index contributed by atoms with van der Waals surface area (Å²) in [6.07, 6.45) is 6.80. The van der Waals surface area contributed by atoms with Crippen LogP contribution in [0.4, 0.5) is 19.1 Å². The fraction of sp³-hybridized carbons (Fsp3) is 0.505. The Balaban J connectivity index is 0.000000243. The highest BCUT2D eigenvalue weighted by Gasteiger charge is 2.50. The molecule has 9 N–H and O–H groups in total. The number of alkyl carbamates (subject to hydrolysis) is 3. The van der Waals surface area contributed by atoms with Crippen molar-refractivity contribution in [2.24, 2.45) is 5.73 Å². The maximum atomic E-state index is 13.1. The molecule has 19 amide bonds. The number of carbonyl (C=O) groups excluding carboxylic acids is 19. The largest absolute Gasteiger partial charge is 0.444 e. The molecule has 4 unspecified atom stereocenters. The number of piperidine rings is 4. The number of nitrogens with zero attached hydrogens (tertiary/aromatic N) is 4. The van der Waals surface area contributed by atoms with E-state index in [1.54, 1.807) is 102 Å². The zero-order chi connectivity index (χ0) is 103. The Morgan fingerprint density at radius 2 is 0.683 bits per heavy atom. The zero-order valence-corrected chi connectivity index (χ0v) is 80.4. The number of hydrogen-bond acceptors (Lipinski definition) is 31. The predicted molar refractivity (Wildman–Crippen MR) is 493 cm³/mol. The summed E-state index contributed by atoms with van der Waals surface area (Å²) in [6, 6.07) is 15.9. The summed E-state index contributed by atoms with van der Waals surface area (Å²) in [5.74, 6) is -0.288. The molecule has 0 aromatic heterocycles. The lowest BCUT2D eigenvalue weighted by atomic mass is 9.99. The number of amides is 19. The van der Waals surface area contributed by atoms with Crippen LogP contribution >= 0.6 is 15.9 Å². The van der Waals surface area contributed by atoms with Gasteiger partial charge < -0.3 is 73.8 Å². The number of terminal acetylenes is 1. The molecule has 8 heterocycles. The third-order valence-corrected chi connectivity index (χ3v) is 21.2. The van der Waals surface area contributed by atoms with Gasteiger partial charge in [-0.1, -0.05) is 54.2 Å². The van der Waals surface area contributed by atoms with Crippen molar-refractivity contribution in [3.8, 4) is 24.2 Å². The second kappa shape index (κ2) is 54.9. The smallest absolute Gasteiger partial charge is 0.407 e. The second-order valence-electron chi connectivity index (χ2n) is 34.4. The van der Waals surface area contributed by atoms with E-state index in [-0.39, 0.29) is 98.3 Å². The van der Waals surface area contributed by atoms with Crippen molar-refractivity contribution in [3.05, 3.63) is 138 Å².